The van der Waals surface area contributed by atoms with Crippen LogP contribution in [0.2, 0.25) is 0 Å². The van der Waals surface area contributed by atoms with E-state index in [9.17, 15) is 9.59 Å². The number of anilines is 1. The molecule has 3 aromatic rings. The van der Waals surface area contributed by atoms with Crippen LogP contribution >= 0.6 is 11.8 Å². The number of nitrogens with zero attached hydrogens (tertiary/aromatic N) is 3. The summed E-state index contributed by atoms with van der Waals surface area (Å²) >= 11 is 1.37. The minimum absolute atomic E-state index is 0.00274. The maximum atomic E-state index is 12.7. The average Bonchev–Trinajstić information content (AvgIpc) is 3.06. The predicted octanol–water partition coefficient (Wildman–Crippen LogP) is 4.84. The zero-order chi connectivity index (χ0) is 21.7. The summed E-state index contributed by atoms with van der Waals surface area (Å²) in [7, 11) is 0. The summed E-state index contributed by atoms with van der Waals surface area (Å²) in [5.74, 6) is 1.31. The quantitative estimate of drug-likeness (QED) is 0.415. The fourth-order valence-corrected chi connectivity index (χ4v) is 3.95. The number of hydrogen-bond donors (Lipinski definition) is 1. The molecule has 1 amide bonds. The van der Waals surface area contributed by atoms with E-state index in [0.29, 0.717) is 28.7 Å². The fourth-order valence-electron chi connectivity index (χ4n) is 3.06. The Morgan fingerprint density at radius 2 is 1.73 bits per heavy atom. The molecule has 0 atom stereocenters. The summed E-state index contributed by atoms with van der Waals surface area (Å²) in [5.41, 5.74) is 3.42. The second-order valence-electron chi connectivity index (χ2n) is 7.59. The number of amides is 1. The van der Waals surface area contributed by atoms with E-state index in [0.717, 1.165) is 17.1 Å². The van der Waals surface area contributed by atoms with Gasteiger partial charge in [0.1, 0.15) is 5.82 Å². The molecule has 0 saturated heterocycles. The van der Waals surface area contributed by atoms with Crippen molar-refractivity contribution in [2.45, 2.75) is 39.3 Å². The normalized spacial score (nSPS) is 11.0. The molecule has 1 heterocycles. The first-order valence-electron chi connectivity index (χ1n) is 9.89. The highest BCUT2D eigenvalue weighted by Crippen LogP contribution is 2.24. The highest BCUT2D eigenvalue weighted by Gasteiger charge is 2.15. The van der Waals surface area contributed by atoms with Crippen molar-refractivity contribution in [1.82, 2.24) is 14.8 Å². The van der Waals surface area contributed by atoms with Gasteiger partial charge in [0.25, 0.3) is 0 Å². The minimum atomic E-state index is -0.0226. The molecular weight excluding hydrogens is 396 g/mol. The van der Waals surface area contributed by atoms with Gasteiger partial charge in [-0.2, -0.15) is 0 Å². The van der Waals surface area contributed by atoms with Crippen LogP contribution < -0.4 is 5.32 Å². The van der Waals surface area contributed by atoms with Crippen LogP contribution in [0.5, 0.6) is 0 Å². The topological polar surface area (TPSA) is 76.9 Å². The molecule has 0 unspecified atom stereocenters. The number of carbonyl (C=O) groups excluding carboxylic acids is 2. The van der Waals surface area contributed by atoms with Crippen LogP contribution in [0.25, 0.3) is 5.69 Å². The Hall–Kier alpha value is -2.93. The van der Waals surface area contributed by atoms with E-state index < -0.39 is 0 Å². The number of Topliss-reactive ketones (excluding diaryl/α,β-unsaturated/α-hetero) is 1. The van der Waals surface area contributed by atoms with E-state index in [-0.39, 0.29) is 17.4 Å². The molecule has 0 bridgehead atoms. The Balaban J connectivity index is 1.66. The van der Waals surface area contributed by atoms with Gasteiger partial charge in [0, 0.05) is 17.7 Å². The largest absolute Gasteiger partial charge is 0.326 e. The molecule has 0 aliphatic carbocycles. The lowest BCUT2D eigenvalue weighted by atomic mass is 10.1. The molecule has 7 heteroatoms. The van der Waals surface area contributed by atoms with Crippen LogP contribution in [-0.2, 0) is 4.79 Å². The summed E-state index contributed by atoms with van der Waals surface area (Å²) < 4.78 is 1.97. The van der Waals surface area contributed by atoms with E-state index in [4.69, 9.17) is 0 Å². The molecule has 0 aliphatic rings. The van der Waals surface area contributed by atoms with Gasteiger partial charge in [-0.1, -0.05) is 43.8 Å². The lowest BCUT2D eigenvalue weighted by Gasteiger charge is -2.11. The van der Waals surface area contributed by atoms with E-state index in [1.54, 1.807) is 24.3 Å². The van der Waals surface area contributed by atoms with Crippen molar-refractivity contribution >= 4 is 29.1 Å². The number of para-hydroxylation sites is 1. The molecule has 0 saturated carbocycles. The van der Waals surface area contributed by atoms with Crippen molar-refractivity contribution in [2.75, 3.05) is 11.1 Å². The zero-order valence-corrected chi connectivity index (χ0v) is 18.5. The molecule has 0 fully saturated rings. The first-order valence-corrected chi connectivity index (χ1v) is 10.9. The van der Waals surface area contributed by atoms with E-state index in [1.165, 1.54) is 11.8 Å². The van der Waals surface area contributed by atoms with Gasteiger partial charge in [-0.15, -0.1) is 10.2 Å². The predicted molar refractivity (Wildman–Crippen MR) is 120 cm³/mol. The summed E-state index contributed by atoms with van der Waals surface area (Å²) in [4.78, 5) is 24.5. The van der Waals surface area contributed by atoms with Crippen LogP contribution in [0.15, 0.2) is 53.7 Å². The van der Waals surface area contributed by atoms with Crippen molar-refractivity contribution in [2.24, 2.45) is 5.92 Å². The second-order valence-corrected chi connectivity index (χ2v) is 8.53. The SMILES string of the molecule is Cc1ccccc1-n1c(C)nnc1SCC(=O)c1ccc(NC(=O)CC(C)C)cc1. The maximum absolute atomic E-state index is 12.7. The number of aryl methyl sites for hydroxylation is 2. The summed E-state index contributed by atoms with van der Waals surface area (Å²) in [6.07, 6.45) is 0.471. The minimum Gasteiger partial charge on any atom is -0.326 e. The molecule has 30 heavy (non-hydrogen) atoms. The molecule has 2 aromatic carbocycles. The smallest absolute Gasteiger partial charge is 0.224 e. The summed E-state index contributed by atoms with van der Waals surface area (Å²) in [6.45, 7) is 7.94. The first-order chi connectivity index (χ1) is 14.3. The third-order valence-corrected chi connectivity index (χ3v) is 5.50. The van der Waals surface area contributed by atoms with Crippen molar-refractivity contribution in [1.29, 1.82) is 0 Å². The summed E-state index contributed by atoms with van der Waals surface area (Å²) in [6, 6.07) is 15.0. The number of hydrogen-bond acceptors (Lipinski definition) is 5. The Morgan fingerprint density at radius 1 is 1.03 bits per heavy atom. The second kappa shape index (κ2) is 9.71. The molecule has 1 aromatic heterocycles. The van der Waals surface area contributed by atoms with Gasteiger partial charge < -0.3 is 5.32 Å². The first kappa shape index (κ1) is 21.8. The van der Waals surface area contributed by atoms with Gasteiger partial charge in [0.15, 0.2) is 10.9 Å². The summed E-state index contributed by atoms with van der Waals surface area (Å²) in [5, 5.41) is 12.0. The molecule has 1 N–H and O–H groups in total. The van der Waals surface area contributed by atoms with Gasteiger partial charge in [-0.25, -0.2) is 0 Å². The average molecular weight is 423 g/mol. The van der Waals surface area contributed by atoms with Gasteiger partial charge in [-0.05, 0) is 55.7 Å². The van der Waals surface area contributed by atoms with Crippen LogP contribution in [-0.4, -0.2) is 32.2 Å². The Bertz CT molecular complexity index is 1040. The third kappa shape index (κ3) is 5.36. The standard InChI is InChI=1S/C23H26N4O2S/c1-15(2)13-22(29)24-19-11-9-18(10-12-19)21(28)14-30-23-26-25-17(4)27(23)20-8-6-5-7-16(20)3/h5-12,15H,13-14H2,1-4H3,(H,24,29). The molecule has 0 spiro atoms. The number of aromatic nitrogens is 3. The molecular formula is C23H26N4O2S. The fraction of sp³-hybridized carbons (Fsp3) is 0.304. The van der Waals surface area contributed by atoms with Crippen LogP contribution in [0.3, 0.4) is 0 Å². The van der Waals surface area contributed by atoms with Crippen molar-refractivity contribution in [3.8, 4) is 5.69 Å². The maximum Gasteiger partial charge on any atom is 0.224 e. The van der Waals surface area contributed by atoms with Gasteiger partial charge in [0.2, 0.25) is 5.91 Å². The van der Waals surface area contributed by atoms with E-state index in [2.05, 4.69) is 15.5 Å². The molecule has 6 nitrogen and oxygen atoms in total. The Kier molecular flexibility index (Phi) is 7.05. The Labute approximate surface area is 181 Å². The number of benzene rings is 2. The number of nitrogens with one attached hydrogen (secondary N) is 1. The number of rotatable bonds is 8. The highest BCUT2D eigenvalue weighted by molar-refractivity contribution is 7.99. The molecule has 0 aliphatic heterocycles. The lowest BCUT2D eigenvalue weighted by molar-refractivity contribution is -0.116. The highest BCUT2D eigenvalue weighted by atomic mass is 32.2. The third-order valence-electron chi connectivity index (χ3n) is 4.57. The van der Waals surface area contributed by atoms with Gasteiger partial charge in [-0.3, -0.25) is 14.2 Å². The van der Waals surface area contributed by atoms with Crippen LogP contribution in [0.1, 0.15) is 42.0 Å². The number of carbonyl (C=O) groups is 2. The monoisotopic (exact) mass is 422 g/mol. The van der Waals surface area contributed by atoms with Crippen molar-refractivity contribution < 1.29 is 9.59 Å². The van der Waals surface area contributed by atoms with E-state index >= 15 is 0 Å². The number of thioether (sulfide) groups is 1. The number of ketones is 1. The van der Waals surface area contributed by atoms with Crippen molar-refractivity contribution in [3.63, 3.8) is 0 Å². The molecule has 0 radical (unpaired) electrons. The van der Waals surface area contributed by atoms with Crippen LogP contribution in [0, 0.1) is 19.8 Å². The van der Waals surface area contributed by atoms with Crippen LogP contribution in [0.4, 0.5) is 5.69 Å². The lowest BCUT2D eigenvalue weighted by Crippen LogP contribution is -2.14. The van der Waals surface area contributed by atoms with Gasteiger partial charge >= 0.3 is 0 Å². The molecule has 156 valence electrons. The van der Waals surface area contributed by atoms with Gasteiger partial charge in [0.05, 0.1) is 11.4 Å². The van der Waals surface area contributed by atoms with Crippen molar-refractivity contribution in [3.05, 3.63) is 65.5 Å². The molecule has 3 rings (SSSR count). The zero-order valence-electron chi connectivity index (χ0n) is 17.7. The Morgan fingerprint density at radius 3 is 2.40 bits per heavy atom. The van der Waals surface area contributed by atoms with E-state index in [1.807, 2.05) is 56.5 Å².